The van der Waals surface area contributed by atoms with Crippen LogP contribution in [0.2, 0.25) is 0 Å². The van der Waals surface area contributed by atoms with Crippen LogP contribution in [0, 0.1) is 0 Å². The van der Waals surface area contributed by atoms with E-state index in [1.54, 1.807) is 38.1 Å². The Balaban J connectivity index is 2.96. The van der Waals surface area contributed by atoms with E-state index >= 15 is 0 Å². The molecule has 0 spiro atoms. The normalized spacial score (nSPS) is 15.3. The second-order valence-electron chi connectivity index (χ2n) is 4.38. The van der Waals surface area contributed by atoms with E-state index in [0.717, 1.165) is 0 Å². The summed E-state index contributed by atoms with van der Waals surface area (Å²) in [6.45, 7) is 3.32. The number of nitrogens with one attached hydrogen (secondary N) is 1. The number of ether oxygens (including phenoxy) is 1. The molecule has 0 saturated heterocycles. The number of carbonyl (C=O) groups is 2. The molecule has 0 heterocycles. The molecule has 0 bridgehead atoms. The summed E-state index contributed by atoms with van der Waals surface area (Å²) < 4.78 is 5.31. The van der Waals surface area contributed by atoms with Crippen molar-refractivity contribution in [2.24, 2.45) is 0 Å². The fourth-order valence-electron chi connectivity index (χ4n) is 1.73. The summed E-state index contributed by atoms with van der Waals surface area (Å²) in [5.74, 6) is -1.52. The zero-order valence-electron chi connectivity index (χ0n) is 11.3. The molecule has 1 aromatic rings. The second-order valence-corrected chi connectivity index (χ2v) is 4.38. The molecule has 5 nitrogen and oxygen atoms in total. The van der Waals surface area contributed by atoms with Gasteiger partial charge in [0.1, 0.15) is 6.04 Å². The maximum absolute atomic E-state index is 12.3. The number of hydrogen-bond acceptors (Lipinski definition) is 3. The fraction of sp³-hybridized carbons (Fsp3) is 0.429. The number of carboxylic acid groups (broad SMARTS) is 1. The minimum atomic E-state index is -1.20. The molecule has 0 radical (unpaired) electrons. The van der Waals surface area contributed by atoms with Gasteiger partial charge in [0.15, 0.2) is 5.60 Å². The lowest BCUT2D eigenvalue weighted by Gasteiger charge is -2.28. The molecule has 2 N–H and O–H groups in total. The van der Waals surface area contributed by atoms with Crippen molar-refractivity contribution in [1.29, 1.82) is 0 Å². The van der Waals surface area contributed by atoms with Gasteiger partial charge in [-0.1, -0.05) is 37.3 Å². The highest BCUT2D eigenvalue weighted by Crippen LogP contribution is 2.24. The third-order valence-electron chi connectivity index (χ3n) is 3.18. The molecule has 1 amide bonds. The van der Waals surface area contributed by atoms with Crippen LogP contribution in [0.1, 0.15) is 25.8 Å². The first kappa shape index (κ1) is 15.2. The van der Waals surface area contributed by atoms with Gasteiger partial charge in [-0.2, -0.15) is 0 Å². The lowest BCUT2D eigenvalue weighted by atomic mass is 9.94. The van der Waals surface area contributed by atoms with Gasteiger partial charge in [-0.25, -0.2) is 4.79 Å². The van der Waals surface area contributed by atoms with Crippen LogP contribution in [-0.2, 0) is 19.9 Å². The van der Waals surface area contributed by atoms with Crippen molar-refractivity contribution >= 4 is 11.9 Å². The first-order chi connectivity index (χ1) is 8.95. The summed E-state index contributed by atoms with van der Waals surface area (Å²) in [5.41, 5.74) is -0.528. The summed E-state index contributed by atoms with van der Waals surface area (Å²) in [6.07, 6.45) is 0.315. The first-order valence-corrected chi connectivity index (χ1v) is 6.10. The molecule has 0 fully saturated rings. The fourth-order valence-corrected chi connectivity index (χ4v) is 1.73. The molecule has 0 saturated carbocycles. The minimum Gasteiger partial charge on any atom is -0.480 e. The van der Waals surface area contributed by atoms with Crippen molar-refractivity contribution in [2.45, 2.75) is 31.9 Å². The molecule has 0 aliphatic heterocycles. The molecular formula is C14H19NO4. The van der Waals surface area contributed by atoms with Crippen LogP contribution < -0.4 is 5.32 Å². The molecule has 1 aromatic carbocycles. The van der Waals surface area contributed by atoms with Gasteiger partial charge in [-0.05, 0) is 18.9 Å². The van der Waals surface area contributed by atoms with Gasteiger partial charge >= 0.3 is 5.97 Å². The van der Waals surface area contributed by atoms with Crippen LogP contribution in [0.15, 0.2) is 30.3 Å². The van der Waals surface area contributed by atoms with Gasteiger partial charge in [0.05, 0.1) is 0 Å². The van der Waals surface area contributed by atoms with Crippen LogP contribution in [0.3, 0.4) is 0 Å². The number of amides is 1. The number of rotatable bonds is 6. The Hall–Kier alpha value is -1.88. The lowest BCUT2D eigenvalue weighted by molar-refractivity contribution is -0.149. The van der Waals surface area contributed by atoms with E-state index in [1.807, 2.05) is 6.07 Å². The summed E-state index contributed by atoms with van der Waals surface area (Å²) in [7, 11) is 1.42. The van der Waals surface area contributed by atoms with Crippen molar-refractivity contribution in [3.05, 3.63) is 35.9 Å². The molecule has 0 aliphatic rings. The summed E-state index contributed by atoms with van der Waals surface area (Å²) in [4.78, 5) is 23.2. The Bertz CT molecular complexity index is 446. The van der Waals surface area contributed by atoms with Crippen LogP contribution in [0.4, 0.5) is 0 Å². The van der Waals surface area contributed by atoms with E-state index in [9.17, 15) is 9.59 Å². The largest absolute Gasteiger partial charge is 0.480 e. The molecule has 0 aliphatic carbocycles. The molecule has 104 valence electrons. The Morgan fingerprint density at radius 2 is 1.95 bits per heavy atom. The van der Waals surface area contributed by atoms with E-state index in [2.05, 4.69) is 5.32 Å². The van der Waals surface area contributed by atoms with E-state index in [0.29, 0.717) is 12.0 Å². The molecule has 5 heteroatoms. The maximum atomic E-state index is 12.3. The van der Waals surface area contributed by atoms with E-state index < -0.39 is 23.5 Å². The molecular weight excluding hydrogens is 246 g/mol. The zero-order valence-corrected chi connectivity index (χ0v) is 11.3. The maximum Gasteiger partial charge on any atom is 0.326 e. The lowest BCUT2D eigenvalue weighted by Crippen LogP contribution is -2.50. The average Bonchev–Trinajstić information content (AvgIpc) is 2.44. The van der Waals surface area contributed by atoms with Crippen LogP contribution >= 0.6 is 0 Å². The Morgan fingerprint density at radius 1 is 1.37 bits per heavy atom. The monoisotopic (exact) mass is 265 g/mol. The van der Waals surface area contributed by atoms with Gasteiger partial charge in [-0.15, -0.1) is 0 Å². The zero-order chi connectivity index (χ0) is 14.5. The average molecular weight is 265 g/mol. The molecule has 2 atom stereocenters. The van der Waals surface area contributed by atoms with Gasteiger partial charge in [0.2, 0.25) is 0 Å². The van der Waals surface area contributed by atoms with Crippen molar-refractivity contribution in [3.63, 3.8) is 0 Å². The predicted molar refractivity (Wildman–Crippen MR) is 70.7 cm³/mol. The van der Waals surface area contributed by atoms with E-state index in [1.165, 1.54) is 7.11 Å². The van der Waals surface area contributed by atoms with Crippen molar-refractivity contribution in [2.75, 3.05) is 7.11 Å². The van der Waals surface area contributed by atoms with Gasteiger partial charge in [-0.3, -0.25) is 4.79 Å². The summed E-state index contributed by atoms with van der Waals surface area (Å²) in [6, 6.07) is 8.06. The summed E-state index contributed by atoms with van der Waals surface area (Å²) >= 11 is 0. The second kappa shape index (κ2) is 6.33. The van der Waals surface area contributed by atoms with Crippen molar-refractivity contribution in [1.82, 2.24) is 5.32 Å². The van der Waals surface area contributed by atoms with Crippen molar-refractivity contribution < 1.29 is 19.4 Å². The SMILES string of the molecule is CCC(NC(=O)C(C)(OC)c1ccccc1)C(=O)O. The van der Waals surface area contributed by atoms with Gasteiger partial charge < -0.3 is 15.2 Å². The third kappa shape index (κ3) is 3.32. The Labute approximate surface area is 112 Å². The predicted octanol–water partition coefficient (Wildman–Crippen LogP) is 1.53. The quantitative estimate of drug-likeness (QED) is 0.818. The van der Waals surface area contributed by atoms with Gasteiger partial charge in [0, 0.05) is 7.11 Å². The first-order valence-electron chi connectivity index (χ1n) is 6.10. The molecule has 19 heavy (non-hydrogen) atoms. The topological polar surface area (TPSA) is 75.6 Å². The minimum absolute atomic E-state index is 0.315. The highest BCUT2D eigenvalue weighted by molar-refractivity contribution is 5.89. The number of methoxy groups -OCH3 is 1. The van der Waals surface area contributed by atoms with Crippen LogP contribution in [0.5, 0.6) is 0 Å². The van der Waals surface area contributed by atoms with Crippen LogP contribution in [-0.4, -0.2) is 30.1 Å². The standard InChI is InChI=1S/C14H19NO4/c1-4-11(12(16)17)15-13(18)14(2,19-3)10-8-6-5-7-9-10/h5-9,11H,4H2,1-3H3,(H,15,18)(H,16,17). The Kier molecular flexibility index (Phi) is 5.06. The van der Waals surface area contributed by atoms with Gasteiger partial charge in [0.25, 0.3) is 5.91 Å². The molecule has 1 rings (SSSR count). The smallest absolute Gasteiger partial charge is 0.326 e. The highest BCUT2D eigenvalue weighted by Gasteiger charge is 2.37. The van der Waals surface area contributed by atoms with E-state index in [4.69, 9.17) is 9.84 Å². The summed E-state index contributed by atoms with van der Waals surface area (Å²) in [5, 5.41) is 11.5. The number of carbonyl (C=O) groups excluding carboxylic acids is 1. The molecule has 0 aromatic heterocycles. The van der Waals surface area contributed by atoms with Crippen LogP contribution in [0.25, 0.3) is 0 Å². The van der Waals surface area contributed by atoms with Crippen molar-refractivity contribution in [3.8, 4) is 0 Å². The molecule has 2 unspecified atom stereocenters. The third-order valence-corrected chi connectivity index (χ3v) is 3.18. The number of benzene rings is 1. The Morgan fingerprint density at radius 3 is 2.37 bits per heavy atom. The highest BCUT2D eigenvalue weighted by atomic mass is 16.5. The number of carboxylic acids is 1. The number of aliphatic carboxylic acids is 1. The number of hydrogen-bond donors (Lipinski definition) is 2. The van der Waals surface area contributed by atoms with E-state index in [-0.39, 0.29) is 0 Å².